The summed E-state index contributed by atoms with van der Waals surface area (Å²) in [5.41, 5.74) is 1.89. The summed E-state index contributed by atoms with van der Waals surface area (Å²) in [4.78, 5) is 28.8. The van der Waals surface area contributed by atoms with Crippen LogP contribution < -0.4 is 5.32 Å². The van der Waals surface area contributed by atoms with E-state index in [-0.39, 0.29) is 19.6 Å². The molecule has 0 aliphatic carbocycles. The standard InChI is InChI=1S/C19H21ClN2O4/c1-2-26-19(25)17(10-13-4-3-8-21-12-13)22-18(24)15-6-5-14(7-9-23)16(20)11-15/h3-6,8,11-12,17,23H,2,7,9-10H2,1H3,(H,22,24)/t17-/m0/s1. The molecule has 0 aliphatic rings. The normalized spacial score (nSPS) is 11.7. The van der Waals surface area contributed by atoms with Crippen molar-refractivity contribution in [3.8, 4) is 0 Å². The summed E-state index contributed by atoms with van der Waals surface area (Å²) >= 11 is 6.14. The van der Waals surface area contributed by atoms with Gasteiger partial charge in [0, 0.05) is 36.0 Å². The first-order valence-corrected chi connectivity index (χ1v) is 8.68. The second-order valence-electron chi connectivity index (χ2n) is 5.62. The van der Waals surface area contributed by atoms with Crippen LogP contribution in [0.4, 0.5) is 0 Å². The summed E-state index contributed by atoms with van der Waals surface area (Å²) < 4.78 is 5.06. The van der Waals surface area contributed by atoms with Crippen molar-refractivity contribution < 1.29 is 19.4 Å². The number of rotatable bonds is 8. The van der Waals surface area contributed by atoms with E-state index in [4.69, 9.17) is 21.4 Å². The fourth-order valence-electron chi connectivity index (χ4n) is 2.44. The van der Waals surface area contributed by atoms with Gasteiger partial charge in [0.1, 0.15) is 6.04 Å². The first kappa shape index (κ1) is 19.9. The molecule has 1 aromatic carbocycles. The number of ether oxygens (including phenoxy) is 1. The zero-order valence-corrected chi connectivity index (χ0v) is 15.2. The van der Waals surface area contributed by atoms with Gasteiger partial charge in [-0.2, -0.15) is 0 Å². The molecular formula is C19H21ClN2O4. The number of nitrogens with one attached hydrogen (secondary N) is 1. The van der Waals surface area contributed by atoms with E-state index < -0.39 is 17.9 Å². The van der Waals surface area contributed by atoms with Gasteiger partial charge in [-0.1, -0.05) is 23.7 Å². The minimum absolute atomic E-state index is 0.0265. The Morgan fingerprint density at radius 1 is 1.35 bits per heavy atom. The van der Waals surface area contributed by atoms with Crippen molar-refractivity contribution in [1.29, 1.82) is 0 Å². The number of carbonyl (C=O) groups is 2. The molecule has 0 aliphatic heterocycles. The number of aliphatic hydroxyl groups excluding tert-OH is 1. The molecule has 1 heterocycles. The van der Waals surface area contributed by atoms with Crippen LogP contribution in [-0.2, 0) is 22.4 Å². The first-order chi connectivity index (χ1) is 12.5. The van der Waals surface area contributed by atoms with Gasteiger partial charge >= 0.3 is 5.97 Å². The Hall–Kier alpha value is -2.44. The van der Waals surface area contributed by atoms with Crippen LogP contribution in [0.3, 0.4) is 0 Å². The maximum Gasteiger partial charge on any atom is 0.328 e. The Kier molecular flexibility index (Phi) is 7.56. The molecule has 0 spiro atoms. The average molecular weight is 377 g/mol. The average Bonchev–Trinajstić information content (AvgIpc) is 2.64. The van der Waals surface area contributed by atoms with Gasteiger partial charge in [0.05, 0.1) is 6.61 Å². The van der Waals surface area contributed by atoms with Crippen LogP contribution in [0.2, 0.25) is 5.02 Å². The molecule has 7 heteroatoms. The van der Waals surface area contributed by atoms with Crippen molar-refractivity contribution in [3.05, 3.63) is 64.4 Å². The second-order valence-corrected chi connectivity index (χ2v) is 6.03. The second kappa shape index (κ2) is 9.89. The van der Waals surface area contributed by atoms with Crippen molar-refractivity contribution in [1.82, 2.24) is 10.3 Å². The lowest BCUT2D eigenvalue weighted by atomic mass is 10.1. The van der Waals surface area contributed by atoms with Gasteiger partial charge in [0.25, 0.3) is 5.91 Å². The predicted octanol–water partition coefficient (Wildman–Crippen LogP) is 2.17. The number of aliphatic hydroxyl groups is 1. The molecule has 1 aromatic heterocycles. The third-order valence-electron chi connectivity index (χ3n) is 3.74. The largest absolute Gasteiger partial charge is 0.464 e. The molecule has 0 unspecified atom stereocenters. The third kappa shape index (κ3) is 5.54. The topological polar surface area (TPSA) is 88.5 Å². The van der Waals surface area contributed by atoms with E-state index in [1.807, 2.05) is 6.07 Å². The lowest BCUT2D eigenvalue weighted by Gasteiger charge is -2.17. The quantitative estimate of drug-likeness (QED) is 0.689. The number of amides is 1. The fraction of sp³-hybridized carbons (Fsp3) is 0.316. The van der Waals surface area contributed by atoms with Crippen LogP contribution in [0, 0.1) is 0 Å². The van der Waals surface area contributed by atoms with Gasteiger partial charge in [-0.15, -0.1) is 0 Å². The molecule has 0 saturated carbocycles. The fourth-order valence-corrected chi connectivity index (χ4v) is 2.72. The molecule has 0 radical (unpaired) electrons. The van der Waals surface area contributed by atoms with Crippen molar-refractivity contribution in [2.45, 2.75) is 25.8 Å². The number of hydrogen-bond acceptors (Lipinski definition) is 5. The molecule has 0 fully saturated rings. The number of pyridine rings is 1. The van der Waals surface area contributed by atoms with Crippen LogP contribution in [0.15, 0.2) is 42.7 Å². The maximum atomic E-state index is 12.5. The Balaban J connectivity index is 2.14. The number of aromatic nitrogens is 1. The Morgan fingerprint density at radius 3 is 2.77 bits per heavy atom. The van der Waals surface area contributed by atoms with E-state index >= 15 is 0 Å². The van der Waals surface area contributed by atoms with Gasteiger partial charge in [0.15, 0.2) is 0 Å². The van der Waals surface area contributed by atoms with Crippen molar-refractivity contribution in [2.75, 3.05) is 13.2 Å². The van der Waals surface area contributed by atoms with Crippen molar-refractivity contribution >= 4 is 23.5 Å². The molecule has 1 amide bonds. The molecule has 138 valence electrons. The van der Waals surface area contributed by atoms with E-state index in [1.54, 1.807) is 37.5 Å². The molecule has 0 saturated heterocycles. The number of carbonyl (C=O) groups excluding carboxylic acids is 2. The lowest BCUT2D eigenvalue weighted by molar-refractivity contribution is -0.145. The van der Waals surface area contributed by atoms with Gasteiger partial charge in [-0.05, 0) is 42.7 Å². The van der Waals surface area contributed by atoms with Gasteiger partial charge in [-0.3, -0.25) is 9.78 Å². The van der Waals surface area contributed by atoms with Crippen LogP contribution in [0.25, 0.3) is 0 Å². The summed E-state index contributed by atoms with van der Waals surface area (Å²) in [6.45, 7) is 1.90. The highest BCUT2D eigenvalue weighted by molar-refractivity contribution is 6.31. The Bertz CT molecular complexity index is 752. The SMILES string of the molecule is CCOC(=O)[C@H](Cc1cccnc1)NC(=O)c1ccc(CCO)c(Cl)c1. The number of esters is 1. The highest BCUT2D eigenvalue weighted by atomic mass is 35.5. The molecule has 0 bridgehead atoms. The zero-order valence-electron chi connectivity index (χ0n) is 14.4. The predicted molar refractivity (Wildman–Crippen MR) is 98.1 cm³/mol. The van der Waals surface area contributed by atoms with Crippen LogP contribution >= 0.6 is 11.6 Å². The van der Waals surface area contributed by atoms with Crippen molar-refractivity contribution in [2.24, 2.45) is 0 Å². The molecule has 2 aromatic rings. The van der Waals surface area contributed by atoms with Crippen LogP contribution in [-0.4, -0.2) is 41.2 Å². The molecule has 2 rings (SSSR count). The zero-order chi connectivity index (χ0) is 18.9. The maximum absolute atomic E-state index is 12.5. The number of nitrogens with zero attached hydrogens (tertiary/aromatic N) is 1. The summed E-state index contributed by atoms with van der Waals surface area (Å²) in [6, 6.07) is 7.58. The number of benzene rings is 1. The van der Waals surface area contributed by atoms with E-state index in [9.17, 15) is 9.59 Å². The third-order valence-corrected chi connectivity index (χ3v) is 4.09. The summed E-state index contributed by atoms with van der Waals surface area (Å²) in [7, 11) is 0. The van der Waals surface area contributed by atoms with E-state index in [2.05, 4.69) is 10.3 Å². The van der Waals surface area contributed by atoms with Gasteiger partial charge in [0.2, 0.25) is 0 Å². The highest BCUT2D eigenvalue weighted by Crippen LogP contribution is 2.18. The number of halogens is 1. The smallest absolute Gasteiger partial charge is 0.328 e. The van der Waals surface area contributed by atoms with Gasteiger partial charge in [-0.25, -0.2) is 4.79 Å². The summed E-state index contributed by atoms with van der Waals surface area (Å²) in [6.07, 6.45) is 3.96. The molecule has 2 N–H and O–H groups in total. The van der Waals surface area contributed by atoms with E-state index in [1.165, 1.54) is 6.07 Å². The minimum atomic E-state index is -0.831. The molecule has 1 atom stereocenters. The van der Waals surface area contributed by atoms with Gasteiger partial charge < -0.3 is 15.2 Å². The summed E-state index contributed by atoms with van der Waals surface area (Å²) in [5.74, 6) is -0.933. The van der Waals surface area contributed by atoms with E-state index in [0.717, 1.165) is 11.1 Å². The first-order valence-electron chi connectivity index (χ1n) is 8.30. The minimum Gasteiger partial charge on any atom is -0.464 e. The summed E-state index contributed by atoms with van der Waals surface area (Å²) in [5, 5.41) is 12.1. The van der Waals surface area contributed by atoms with Crippen LogP contribution in [0.1, 0.15) is 28.4 Å². The van der Waals surface area contributed by atoms with E-state index in [0.29, 0.717) is 17.0 Å². The van der Waals surface area contributed by atoms with Crippen molar-refractivity contribution in [3.63, 3.8) is 0 Å². The number of hydrogen-bond donors (Lipinski definition) is 2. The Labute approximate surface area is 157 Å². The molecule has 6 nitrogen and oxygen atoms in total. The lowest BCUT2D eigenvalue weighted by Crippen LogP contribution is -2.43. The Morgan fingerprint density at radius 2 is 2.15 bits per heavy atom. The van der Waals surface area contributed by atoms with Crippen LogP contribution in [0.5, 0.6) is 0 Å². The molecular weight excluding hydrogens is 356 g/mol. The molecule has 26 heavy (non-hydrogen) atoms. The monoisotopic (exact) mass is 376 g/mol. The highest BCUT2D eigenvalue weighted by Gasteiger charge is 2.23.